The van der Waals surface area contributed by atoms with Crippen LogP contribution in [0, 0.1) is 20.8 Å². The zero-order valence-corrected chi connectivity index (χ0v) is 16.8. The summed E-state index contributed by atoms with van der Waals surface area (Å²) < 4.78 is 0. The van der Waals surface area contributed by atoms with Crippen LogP contribution in [0.15, 0.2) is 60.9 Å². The molecule has 0 fully saturated rings. The molecule has 2 aromatic carbocycles. The Morgan fingerprint density at radius 3 is 2.32 bits per heavy atom. The van der Waals surface area contributed by atoms with Crippen LogP contribution in [-0.2, 0) is 0 Å². The van der Waals surface area contributed by atoms with Gasteiger partial charge in [-0.1, -0.05) is 29.8 Å². The van der Waals surface area contributed by atoms with Gasteiger partial charge >= 0.3 is 0 Å². The van der Waals surface area contributed by atoms with Gasteiger partial charge in [0.2, 0.25) is 0 Å². The molecule has 1 aromatic heterocycles. The summed E-state index contributed by atoms with van der Waals surface area (Å²) in [5.74, 6) is -0.0368. The molecule has 1 heterocycles. The lowest BCUT2D eigenvalue weighted by molar-refractivity contribution is 0.0953. The number of benzene rings is 2. The fraction of sp³-hybridized carbons (Fsp3) is 0.250. The van der Waals surface area contributed by atoms with Crippen LogP contribution in [0.5, 0.6) is 0 Å². The van der Waals surface area contributed by atoms with Crippen LogP contribution < -0.4 is 10.6 Å². The fourth-order valence-electron chi connectivity index (χ4n) is 3.52. The zero-order chi connectivity index (χ0) is 19.9. The SMILES string of the molecule is Cc1cc(C)c(-c2ccc(C(=O)NCCCNc3cccnc3)cc2)c(C)c1. The van der Waals surface area contributed by atoms with Crippen LogP contribution in [0.25, 0.3) is 11.1 Å². The lowest BCUT2D eigenvalue weighted by Gasteiger charge is -2.12. The number of anilines is 1. The van der Waals surface area contributed by atoms with E-state index in [4.69, 9.17) is 0 Å². The van der Waals surface area contributed by atoms with Gasteiger partial charge in [0.25, 0.3) is 5.91 Å². The number of carbonyl (C=O) groups excluding carboxylic acids is 1. The molecule has 0 aliphatic rings. The topological polar surface area (TPSA) is 54.0 Å². The van der Waals surface area contributed by atoms with E-state index in [-0.39, 0.29) is 5.91 Å². The molecule has 144 valence electrons. The number of nitrogens with zero attached hydrogens (tertiary/aromatic N) is 1. The second-order valence-corrected chi connectivity index (χ2v) is 7.13. The zero-order valence-electron chi connectivity index (χ0n) is 16.8. The van der Waals surface area contributed by atoms with Gasteiger partial charge in [-0.2, -0.15) is 0 Å². The minimum atomic E-state index is -0.0368. The predicted octanol–water partition coefficient (Wildman–Crippen LogP) is 4.91. The maximum atomic E-state index is 12.4. The first kappa shape index (κ1) is 19.6. The molecule has 0 saturated carbocycles. The van der Waals surface area contributed by atoms with Crippen molar-refractivity contribution in [2.24, 2.45) is 0 Å². The average Bonchev–Trinajstić information content (AvgIpc) is 2.68. The molecule has 4 heteroatoms. The number of nitrogens with one attached hydrogen (secondary N) is 2. The predicted molar refractivity (Wildman–Crippen MR) is 116 cm³/mol. The van der Waals surface area contributed by atoms with Gasteiger partial charge in [0.15, 0.2) is 0 Å². The lowest BCUT2D eigenvalue weighted by Crippen LogP contribution is -2.25. The second kappa shape index (κ2) is 9.18. The maximum absolute atomic E-state index is 12.4. The van der Waals surface area contributed by atoms with Gasteiger partial charge in [-0.25, -0.2) is 0 Å². The van der Waals surface area contributed by atoms with Crippen molar-refractivity contribution in [3.63, 3.8) is 0 Å². The van der Waals surface area contributed by atoms with Crippen LogP contribution in [0.4, 0.5) is 5.69 Å². The third-order valence-corrected chi connectivity index (χ3v) is 4.74. The largest absolute Gasteiger partial charge is 0.384 e. The number of hydrogen-bond donors (Lipinski definition) is 2. The first-order valence-electron chi connectivity index (χ1n) is 9.65. The van der Waals surface area contributed by atoms with Crippen LogP contribution in [-0.4, -0.2) is 24.0 Å². The highest BCUT2D eigenvalue weighted by molar-refractivity contribution is 5.94. The van der Waals surface area contributed by atoms with E-state index in [1.54, 1.807) is 12.4 Å². The Labute approximate surface area is 167 Å². The van der Waals surface area contributed by atoms with Gasteiger partial charge in [-0.05, 0) is 73.7 Å². The van der Waals surface area contributed by atoms with Gasteiger partial charge in [-0.15, -0.1) is 0 Å². The molecule has 0 unspecified atom stereocenters. The van der Waals surface area contributed by atoms with Gasteiger partial charge in [0.05, 0.1) is 5.69 Å². The van der Waals surface area contributed by atoms with Crippen LogP contribution in [0.1, 0.15) is 33.5 Å². The van der Waals surface area contributed by atoms with Crippen LogP contribution in [0.2, 0.25) is 0 Å². The Morgan fingerprint density at radius 2 is 1.68 bits per heavy atom. The third-order valence-electron chi connectivity index (χ3n) is 4.74. The van der Waals surface area contributed by atoms with Crippen molar-refractivity contribution < 1.29 is 4.79 Å². The first-order valence-corrected chi connectivity index (χ1v) is 9.65. The molecule has 0 bridgehead atoms. The number of pyridine rings is 1. The summed E-state index contributed by atoms with van der Waals surface area (Å²) in [4.78, 5) is 16.4. The Kier molecular flexibility index (Phi) is 6.43. The van der Waals surface area contributed by atoms with E-state index in [2.05, 4.69) is 48.5 Å². The quantitative estimate of drug-likeness (QED) is 0.579. The van der Waals surface area contributed by atoms with Crippen molar-refractivity contribution in [1.29, 1.82) is 0 Å². The Hall–Kier alpha value is -3.14. The average molecular weight is 374 g/mol. The van der Waals surface area contributed by atoms with Crippen molar-refractivity contribution in [2.75, 3.05) is 18.4 Å². The van der Waals surface area contributed by atoms with Gasteiger partial charge in [0.1, 0.15) is 0 Å². The van der Waals surface area contributed by atoms with Crippen molar-refractivity contribution in [2.45, 2.75) is 27.2 Å². The lowest BCUT2D eigenvalue weighted by atomic mass is 9.93. The smallest absolute Gasteiger partial charge is 0.251 e. The summed E-state index contributed by atoms with van der Waals surface area (Å²) in [5, 5.41) is 6.26. The fourth-order valence-corrected chi connectivity index (χ4v) is 3.52. The molecular weight excluding hydrogens is 346 g/mol. The molecule has 0 aliphatic heterocycles. The van der Waals surface area contributed by atoms with Crippen molar-refractivity contribution in [1.82, 2.24) is 10.3 Å². The minimum Gasteiger partial charge on any atom is -0.384 e. The summed E-state index contributed by atoms with van der Waals surface area (Å²) >= 11 is 0. The van der Waals surface area contributed by atoms with E-state index in [0.29, 0.717) is 12.1 Å². The number of aryl methyl sites for hydroxylation is 3. The molecule has 0 spiro atoms. The summed E-state index contributed by atoms with van der Waals surface area (Å²) in [7, 11) is 0. The second-order valence-electron chi connectivity index (χ2n) is 7.13. The molecule has 0 atom stereocenters. The van der Waals surface area contributed by atoms with E-state index in [0.717, 1.165) is 24.2 Å². The van der Waals surface area contributed by atoms with Crippen molar-refractivity contribution >= 4 is 11.6 Å². The van der Waals surface area contributed by atoms with E-state index in [1.165, 1.54) is 22.3 Å². The number of amides is 1. The molecular formula is C24H27N3O. The normalized spacial score (nSPS) is 10.5. The van der Waals surface area contributed by atoms with Crippen LogP contribution in [0.3, 0.4) is 0 Å². The maximum Gasteiger partial charge on any atom is 0.251 e. The summed E-state index contributed by atoms with van der Waals surface area (Å²) in [6, 6.07) is 16.1. The number of carbonyl (C=O) groups is 1. The molecule has 3 aromatic rings. The van der Waals surface area contributed by atoms with Crippen molar-refractivity contribution in [3.05, 3.63) is 83.2 Å². The van der Waals surface area contributed by atoms with E-state index in [9.17, 15) is 4.79 Å². The summed E-state index contributed by atoms with van der Waals surface area (Å²) in [6.45, 7) is 7.80. The molecule has 2 N–H and O–H groups in total. The van der Waals surface area contributed by atoms with Crippen molar-refractivity contribution in [3.8, 4) is 11.1 Å². The summed E-state index contributed by atoms with van der Waals surface area (Å²) in [6.07, 6.45) is 4.39. The molecule has 4 nitrogen and oxygen atoms in total. The van der Waals surface area contributed by atoms with Crippen LogP contribution >= 0.6 is 0 Å². The molecule has 3 rings (SSSR count). The Bertz CT molecular complexity index is 911. The Morgan fingerprint density at radius 1 is 0.964 bits per heavy atom. The molecule has 1 amide bonds. The van der Waals surface area contributed by atoms with E-state index in [1.807, 2.05) is 36.4 Å². The van der Waals surface area contributed by atoms with Gasteiger partial charge < -0.3 is 10.6 Å². The molecule has 28 heavy (non-hydrogen) atoms. The third kappa shape index (κ3) is 4.97. The monoisotopic (exact) mass is 373 g/mol. The van der Waals surface area contributed by atoms with Gasteiger partial charge in [0, 0.05) is 31.0 Å². The first-order chi connectivity index (χ1) is 13.5. The molecule has 0 aliphatic carbocycles. The highest BCUT2D eigenvalue weighted by atomic mass is 16.1. The number of rotatable bonds is 7. The molecule has 0 saturated heterocycles. The van der Waals surface area contributed by atoms with E-state index < -0.39 is 0 Å². The number of hydrogen-bond acceptors (Lipinski definition) is 3. The highest BCUT2D eigenvalue weighted by Crippen LogP contribution is 2.28. The Balaban J connectivity index is 1.53. The number of aromatic nitrogens is 1. The van der Waals surface area contributed by atoms with Gasteiger partial charge in [-0.3, -0.25) is 9.78 Å². The highest BCUT2D eigenvalue weighted by Gasteiger charge is 2.09. The van der Waals surface area contributed by atoms with E-state index >= 15 is 0 Å². The minimum absolute atomic E-state index is 0.0368. The molecule has 0 radical (unpaired) electrons. The standard InChI is InChI=1S/C24H27N3O/c1-17-14-18(2)23(19(3)15-17)20-7-9-21(10-8-20)24(28)27-13-5-12-26-22-6-4-11-25-16-22/h4,6-11,14-16,26H,5,12-13H2,1-3H3,(H,27,28). The summed E-state index contributed by atoms with van der Waals surface area (Å²) in [5.41, 5.74) is 7.86.